The Morgan fingerprint density at radius 2 is 0.951 bits per heavy atom. The van der Waals surface area contributed by atoms with Crippen molar-refractivity contribution >= 4 is 66.2 Å². The zero-order chi connectivity index (χ0) is 33.9. The number of carboxylic acids is 7. The van der Waals surface area contributed by atoms with Crippen molar-refractivity contribution in [3.63, 3.8) is 0 Å². The first-order chi connectivity index (χ1) is 18.6. The molecule has 242 valence electrons. The van der Waals surface area contributed by atoms with Crippen LogP contribution in [0.5, 0.6) is 0 Å². The lowest BCUT2D eigenvalue weighted by atomic mass is 10.2. The Bertz CT molecular complexity index is 804. The van der Waals surface area contributed by atoms with Gasteiger partial charge in [-0.15, -0.1) is 0 Å². The van der Waals surface area contributed by atoms with Gasteiger partial charge in [-0.3, -0.25) is 33.6 Å². The molecule has 0 rings (SSSR count). The minimum Gasteiger partial charge on any atom is -0.481 e. The highest BCUT2D eigenvalue weighted by molar-refractivity contribution is 7.98. The largest absolute Gasteiger partial charge is 0.481 e. The maximum Gasteiger partial charge on any atom is 0.321 e. The van der Waals surface area contributed by atoms with Gasteiger partial charge in [-0.05, 0) is 31.8 Å². The summed E-state index contributed by atoms with van der Waals surface area (Å²) in [5, 5.41) is 56.5. The lowest BCUT2D eigenvalue weighted by molar-refractivity contribution is -0.144. The summed E-state index contributed by atoms with van der Waals surface area (Å²) in [5.74, 6) is -6.57. The topological polar surface area (TPSA) is 391 Å². The summed E-state index contributed by atoms with van der Waals surface area (Å²) in [6.07, 6.45) is 1.72. The van der Waals surface area contributed by atoms with E-state index in [4.69, 9.17) is 64.4 Å². The monoisotopic (exact) mass is 639 g/mol. The quantitative estimate of drug-likeness (QED) is 0.0843. The van der Waals surface area contributed by atoms with E-state index in [1.165, 1.54) is 6.92 Å². The van der Waals surface area contributed by atoms with Gasteiger partial charge in [0, 0.05) is 12.2 Å². The fraction of sp³-hybridized carbons (Fsp3) is 0.650. The normalized spacial score (nSPS) is 13.0. The molecular formula is C20H41N5O14S2. The summed E-state index contributed by atoms with van der Waals surface area (Å²) in [7, 11) is 0. The SMILES string of the molecule is CSCC[C@H](N)C(=O)O.C[C@H](N)C(=O)O.N[C@@H](CC(=O)O)C(=O)O.N[C@@H](CCC(=O)O)C(=O)O.N[C@@H](CS)C(=O)O. The van der Waals surface area contributed by atoms with Crippen molar-refractivity contribution in [2.75, 3.05) is 17.8 Å². The van der Waals surface area contributed by atoms with Crippen LogP contribution < -0.4 is 28.7 Å². The summed E-state index contributed by atoms with van der Waals surface area (Å²) < 4.78 is 0. The Morgan fingerprint density at radius 1 is 0.610 bits per heavy atom. The lowest BCUT2D eigenvalue weighted by Gasteiger charge is -2.02. The predicted molar refractivity (Wildman–Crippen MR) is 150 cm³/mol. The number of nitrogens with two attached hydrogens (primary N) is 5. The number of aliphatic carboxylic acids is 7. The summed E-state index contributed by atoms with van der Waals surface area (Å²) in [5.41, 5.74) is 24.8. The average molecular weight is 640 g/mol. The molecule has 0 fully saturated rings. The number of carbonyl (C=O) groups is 7. The van der Waals surface area contributed by atoms with Gasteiger partial charge in [-0.1, -0.05) is 0 Å². The number of carboxylic acid groups (broad SMARTS) is 7. The Morgan fingerprint density at radius 3 is 1.12 bits per heavy atom. The van der Waals surface area contributed by atoms with Crippen LogP contribution >= 0.6 is 24.4 Å². The van der Waals surface area contributed by atoms with Crippen LogP contribution in [0.2, 0.25) is 0 Å². The van der Waals surface area contributed by atoms with Gasteiger partial charge in [-0.25, -0.2) is 0 Å². The first-order valence-corrected chi connectivity index (χ1v) is 13.1. The number of thioether (sulfide) groups is 1. The van der Waals surface area contributed by atoms with E-state index >= 15 is 0 Å². The van der Waals surface area contributed by atoms with Gasteiger partial charge < -0.3 is 64.4 Å². The van der Waals surface area contributed by atoms with E-state index in [-0.39, 0.29) is 18.6 Å². The molecule has 0 aromatic carbocycles. The molecule has 0 amide bonds. The zero-order valence-electron chi connectivity index (χ0n) is 22.4. The third-order valence-electron chi connectivity index (χ3n) is 3.55. The number of thiol groups is 1. The van der Waals surface area contributed by atoms with Crippen LogP contribution in [-0.4, -0.2) is 126 Å². The molecular weight excluding hydrogens is 598 g/mol. The number of hydrogen-bond donors (Lipinski definition) is 13. The fourth-order valence-corrected chi connectivity index (χ4v) is 1.77. The van der Waals surface area contributed by atoms with E-state index in [0.29, 0.717) is 6.42 Å². The fourth-order valence-electron chi connectivity index (χ4n) is 1.12. The molecule has 0 bridgehead atoms. The zero-order valence-corrected chi connectivity index (χ0v) is 24.1. The number of rotatable bonds is 14. The highest BCUT2D eigenvalue weighted by Crippen LogP contribution is 1.97. The molecule has 0 unspecified atom stereocenters. The molecule has 0 heterocycles. The maximum absolute atomic E-state index is 10.1. The summed E-state index contributed by atoms with van der Waals surface area (Å²) in [6, 6.07) is -4.58. The van der Waals surface area contributed by atoms with Crippen molar-refractivity contribution in [2.45, 2.75) is 62.8 Å². The van der Waals surface area contributed by atoms with Gasteiger partial charge >= 0.3 is 41.8 Å². The van der Waals surface area contributed by atoms with Crippen LogP contribution in [0.1, 0.15) is 32.6 Å². The third kappa shape index (κ3) is 44.1. The minimum atomic E-state index is -1.29. The van der Waals surface area contributed by atoms with Crippen LogP contribution in [0.4, 0.5) is 0 Å². The van der Waals surface area contributed by atoms with Crippen LogP contribution in [-0.2, 0) is 33.6 Å². The van der Waals surface area contributed by atoms with Gasteiger partial charge in [0.05, 0.1) is 6.42 Å². The Balaban J connectivity index is -0.000000133. The van der Waals surface area contributed by atoms with Crippen molar-refractivity contribution < 1.29 is 69.3 Å². The van der Waals surface area contributed by atoms with Crippen molar-refractivity contribution in [1.82, 2.24) is 0 Å². The molecule has 0 aromatic rings. The summed E-state index contributed by atoms with van der Waals surface area (Å²) in [4.78, 5) is 68.9. The van der Waals surface area contributed by atoms with E-state index in [1.807, 2.05) is 6.26 Å². The van der Waals surface area contributed by atoms with E-state index in [2.05, 4.69) is 12.6 Å². The van der Waals surface area contributed by atoms with Crippen molar-refractivity contribution in [3.05, 3.63) is 0 Å². The standard InChI is InChI=1S/C5H9NO4.C5H11NO2S.C4H7NO4.C3H7NO2S.C3H7NO2/c6-3(5(9)10)1-2-4(7)8;1-9-3-2-4(6)5(7)8;5-2(4(8)9)1-3(6)7;4-2(1-7)3(5)6;1-2(4)3(5)6/h3H,1-2,6H2,(H,7,8)(H,9,10);4H,2-3,6H2,1H3,(H,7,8);2H,1,5H2,(H,6,7)(H,8,9);2,7H,1,4H2,(H,5,6);2H,4H2,1H3,(H,5,6)/t3-;4-;3*2-/m00000/s1. The first-order valence-electron chi connectivity index (χ1n) is 11.0. The van der Waals surface area contributed by atoms with Crippen molar-refractivity contribution in [2.24, 2.45) is 28.7 Å². The third-order valence-corrected chi connectivity index (χ3v) is 4.59. The molecule has 0 aliphatic heterocycles. The second kappa shape index (κ2) is 29.8. The first kappa shape index (κ1) is 47.6. The van der Waals surface area contributed by atoms with Gasteiger partial charge in [-0.2, -0.15) is 24.4 Å². The smallest absolute Gasteiger partial charge is 0.321 e. The maximum atomic E-state index is 10.1. The average Bonchev–Trinajstić information content (AvgIpc) is 2.85. The van der Waals surface area contributed by atoms with E-state index in [0.717, 1.165) is 5.75 Å². The highest BCUT2D eigenvalue weighted by Gasteiger charge is 2.14. The van der Waals surface area contributed by atoms with Crippen molar-refractivity contribution in [3.8, 4) is 0 Å². The Kier molecular flexibility index (Phi) is 34.5. The second-order valence-corrected chi connectivity index (χ2v) is 8.75. The molecule has 0 aromatic heterocycles. The molecule has 17 N–H and O–H groups in total. The molecule has 0 aliphatic rings. The molecule has 5 atom stereocenters. The lowest BCUT2D eigenvalue weighted by Crippen LogP contribution is -2.32. The molecule has 0 aliphatic carbocycles. The molecule has 0 saturated heterocycles. The summed E-state index contributed by atoms with van der Waals surface area (Å²) >= 11 is 5.25. The minimum absolute atomic E-state index is 0.0231. The number of hydrogen-bond acceptors (Lipinski definition) is 14. The van der Waals surface area contributed by atoms with Gasteiger partial charge in [0.25, 0.3) is 0 Å². The highest BCUT2D eigenvalue weighted by atomic mass is 32.2. The van der Waals surface area contributed by atoms with Gasteiger partial charge in [0.15, 0.2) is 0 Å². The Labute approximate surface area is 244 Å². The van der Waals surface area contributed by atoms with Crippen LogP contribution in [0, 0.1) is 0 Å². The summed E-state index contributed by atoms with van der Waals surface area (Å²) in [6.45, 7) is 1.42. The molecule has 21 heteroatoms. The molecule has 0 radical (unpaired) electrons. The molecule has 41 heavy (non-hydrogen) atoms. The predicted octanol–water partition coefficient (Wildman–Crippen LogP) is -2.97. The van der Waals surface area contributed by atoms with Crippen LogP contribution in [0.25, 0.3) is 0 Å². The van der Waals surface area contributed by atoms with Crippen LogP contribution in [0.15, 0.2) is 0 Å². The van der Waals surface area contributed by atoms with Crippen LogP contribution in [0.3, 0.4) is 0 Å². The second-order valence-electron chi connectivity index (χ2n) is 7.40. The molecule has 0 spiro atoms. The van der Waals surface area contributed by atoms with Crippen molar-refractivity contribution in [1.29, 1.82) is 0 Å². The van der Waals surface area contributed by atoms with E-state index in [1.54, 1.807) is 11.8 Å². The van der Waals surface area contributed by atoms with E-state index < -0.39 is 78.4 Å². The molecule has 19 nitrogen and oxygen atoms in total. The van der Waals surface area contributed by atoms with Gasteiger partial charge in [0.2, 0.25) is 0 Å². The van der Waals surface area contributed by atoms with Gasteiger partial charge in [0.1, 0.15) is 30.2 Å². The Hall–Kier alpha value is -3.21. The molecule has 0 saturated carbocycles. The van der Waals surface area contributed by atoms with E-state index in [9.17, 15) is 33.6 Å².